The maximum atomic E-state index is 12.8. The fourth-order valence-electron chi connectivity index (χ4n) is 3.62. The van der Waals surface area contributed by atoms with Gasteiger partial charge in [-0.1, -0.05) is 23.7 Å². The lowest BCUT2D eigenvalue weighted by molar-refractivity contribution is 0.0943. The Morgan fingerprint density at radius 2 is 2.18 bits per heavy atom. The molecule has 0 spiro atoms. The molecule has 4 rings (SSSR count). The van der Waals surface area contributed by atoms with E-state index in [9.17, 15) is 4.79 Å². The molecule has 1 aliphatic heterocycles. The minimum Gasteiger partial charge on any atom is -0.376 e. The van der Waals surface area contributed by atoms with Crippen LogP contribution in [-0.4, -0.2) is 43.3 Å². The van der Waals surface area contributed by atoms with Crippen molar-refractivity contribution < 1.29 is 9.53 Å². The predicted octanol–water partition coefficient (Wildman–Crippen LogP) is 3.47. The highest BCUT2D eigenvalue weighted by molar-refractivity contribution is 6.30. The first-order valence-corrected chi connectivity index (χ1v) is 9.74. The number of tetrazole rings is 1. The molecule has 0 aliphatic carbocycles. The van der Waals surface area contributed by atoms with Gasteiger partial charge in [0.1, 0.15) is 6.54 Å². The zero-order valence-corrected chi connectivity index (χ0v) is 16.7. The third-order valence-electron chi connectivity index (χ3n) is 5.10. The van der Waals surface area contributed by atoms with Crippen LogP contribution in [0.1, 0.15) is 34.6 Å². The Balaban J connectivity index is 1.50. The van der Waals surface area contributed by atoms with E-state index >= 15 is 0 Å². The molecule has 7 nitrogen and oxygen atoms in total. The number of halogens is 1. The van der Waals surface area contributed by atoms with Crippen molar-refractivity contribution in [3.05, 3.63) is 52.3 Å². The van der Waals surface area contributed by atoms with Crippen molar-refractivity contribution in [1.82, 2.24) is 24.8 Å². The zero-order chi connectivity index (χ0) is 19.7. The van der Waals surface area contributed by atoms with Crippen LogP contribution in [0.3, 0.4) is 0 Å². The number of hydrogen-bond acceptors (Lipinski definition) is 5. The number of nitrogens with zero attached hydrogens (tertiary/aromatic N) is 5. The first-order valence-electron chi connectivity index (χ1n) is 9.36. The second-order valence-corrected chi connectivity index (χ2v) is 7.54. The van der Waals surface area contributed by atoms with Crippen LogP contribution in [0.2, 0.25) is 5.02 Å². The Bertz CT molecular complexity index is 1000. The highest BCUT2D eigenvalue weighted by atomic mass is 35.5. The Kier molecular flexibility index (Phi) is 5.28. The van der Waals surface area contributed by atoms with Crippen LogP contribution >= 0.6 is 11.6 Å². The van der Waals surface area contributed by atoms with E-state index in [1.165, 1.54) is 4.80 Å². The summed E-state index contributed by atoms with van der Waals surface area (Å²) in [6, 6.07) is 9.16. The number of aryl methyl sites for hydroxylation is 1. The summed E-state index contributed by atoms with van der Waals surface area (Å²) < 4.78 is 7.90. The Morgan fingerprint density at radius 1 is 1.32 bits per heavy atom. The smallest absolute Gasteiger partial charge is 0.204 e. The molecule has 0 N–H and O–H groups in total. The van der Waals surface area contributed by atoms with E-state index < -0.39 is 0 Å². The summed E-state index contributed by atoms with van der Waals surface area (Å²) in [6.07, 6.45) is 2.39. The summed E-state index contributed by atoms with van der Waals surface area (Å²) in [6.45, 7) is 5.64. The molecule has 28 heavy (non-hydrogen) atoms. The molecule has 1 aliphatic rings. The highest BCUT2D eigenvalue weighted by Gasteiger charge is 2.21. The molecule has 1 atom stereocenters. The summed E-state index contributed by atoms with van der Waals surface area (Å²) in [5.74, 6) is 0.404. The molecule has 0 amide bonds. The molecule has 3 aromatic rings. The van der Waals surface area contributed by atoms with E-state index in [1.807, 2.05) is 32.0 Å². The van der Waals surface area contributed by atoms with Crippen molar-refractivity contribution in [3.63, 3.8) is 0 Å². The fourth-order valence-corrected chi connectivity index (χ4v) is 3.81. The van der Waals surface area contributed by atoms with Crippen molar-refractivity contribution in [3.8, 4) is 11.4 Å². The largest absolute Gasteiger partial charge is 0.376 e. The molecule has 0 bridgehead atoms. The summed E-state index contributed by atoms with van der Waals surface area (Å²) in [7, 11) is 0. The summed E-state index contributed by atoms with van der Waals surface area (Å²) in [5.41, 5.74) is 3.47. The highest BCUT2D eigenvalue weighted by Crippen LogP contribution is 2.21. The van der Waals surface area contributed by atoms with Gasteiger partial charge in [-0.2, -0.15) is 4.80 Å². The summed E-state index contributed by atoms with van der Waals surface area (Å²) in [5, 5.41) is 13.0. The predicted molar refractivity (Wildman–Crippen MR) is 105 cm³/mol. The van der Waals surface area contributed by atoms with E-state index in [-0.39, 0.29) is 18.4 Å². The molecule has 2 aromatic heterocycles. The van der Waals surface area contributed by atoms with Gasteiger partial charge in [-0.3, -0.25) is 4.79 Å². The van der Waals surface area contributed by atoms with Gasteiger partial charge in [0.25, 0.3) is 0 Å². The number of carbonyl (C=O) groups excluding carboxylic acids is 1. The number of aromatic nitrogens is 5. The number of benzene rings is 1. The van der Waals surface area contributed by atoms with Crippen molar-refractivity contribution in [2.75, 3.05) is 6.61 Å². The molecule has 3 heterocycles. The first kappa shape index (κ1) is 18.8. The molecule has 1 fully saturated rings. The lowest BCUT2D eigenvalue weighted by atomic mass is 10.1. The van der Waals surface area contributed by atoms with E-state index in [0.29, 0.717) is 16.4 Å². The van der Waals surface area contributed by atoms with Gasteiger partial charge in [-0.25, -0.2) is 0 Å². The second-order valence-electron chi connectivity index (χ2n) is 7.11. The molecule has 1 unspecified atom stereocenters. The number of ether oxygens (including phenoxy) is 1. The monoisotopic (exact) mass is 399 g/mol. The third kappa shape index (κ3) is 3.86. The van der Waals surface area contributed by atoms with Crippen molar-refractivity contribution in [1.29, 1.82) is 0 Å². The van der Waals surface area contributed by atoms with E-state index in [0.717, 1.165) is 42.9 Å². The Labute approximate surface area is 168 Å². The van der Waals surface area contributed by atoms with Crippen LogP contribution in [0.4, 0.5) is 0 Å². The lowest BCUT2D eigenvalue weighted by Crippen LogP contribution is -2.18. The maximum Gasteiger partial charge on any atom is 0.204 e. The molecule has 1 aromatic carbocycles. The van der Waals surface area contributed by atoms with Gasteiger partial charge in [-0.05, 0) is 50.1 Å². The molecule has 0 saturated carbocycles. The summed E-state index contributed by atoms with van der Waals surface area (Å²) in [4.78, 5) is 14.2. The average Bonchev–Trinajstić information content (AvgIpc) is 3.40. The SMILES string of the molecule is Cc1cc(C(=O)Cn2nnc(-c3cccc(Cl)c3)n2)c(C)n1CC1CCCO1. The number of Topliss-reactive ketones (excluding diaryl/α,β-unsaturated/α-hetero) is 1. The van der Waals surface area contributed by atoms with Crippen LogP contribution in [-0.2, 0) is 17.8 Å². The lowest BCUT2D eigenvalue weighted by Gasteiger charge is -2.14. The number of hydrogen-bond donors (Lipinski definition) is 0. The Morgan fingerprint density at radius 3 is 2.93 bits per heavy atom. The molecular formula is C20H22ClN5O2. The van der Waals surface area contributed by atoms with Crippen molar-refractivity contribution in [2.45, 2.75) is 45.9 Å². The minimum atomic E-state index is -0.0401. The standard InChI is InChI=1S/C20H22ClN5O2/c1-13-9-18(14(2)25(13)11-17-7-4-8-28-17)19(27)12-26-23-20(22-24-26)15-5-3-6-16(21)10-15/h3,5-6,9-10,17H,4,7-8,11-12H2,1-2H3. The van der Waals surface area contributed by atoms with Gasteiger partial charge in [0, 0.05) is 40.7 Å². The van der Waals surface area contributed by atoms with E-state index in [4.69, 9.17) is 16.3 Å². The molecular weight excluding hydrogens is 378 g/mol. The van der Waals surface area contributed by atoms with Crippen LogP contribution in [0.5, 0.6) is 0 Å². The summed E-state index contributed by atoms with van der Waals surface area (Å²) >= 11 is 6.01. The molecule has 8 heteroatoms. The van der Waals surface area contributed by atoms with Gasteiger partial charge < -0.3 is 9.30 Å². The topological polar surface area (TPSA) is 74.8 Å². The Hall–Kier alpha value is -2.51. The van der Waals surface area contributed by atoms with Gasteiger partial charge in [0.15, 0.2) is 5.78 Å². The normalized spacial score (nSPS) is 16.6. The van der Waals surface area contributed by atoms with E-state index in [2.05, 4.69) is 20.0 Å². The quantitative estimate of drug-likeness (QED) is 0.593. The average molecular weight is 400 g/mol. The van der Waals surface area contributed by atoms with Crippen LogP contribution in [0.25, 0.3) is 11.4 Å². The van der Waals surface area contributed by atoms with Crippen molar-refractivity contribution >= 4 is 17.4 Å². The van der Waals surface area contributed by atoms with Crippen LogP contribution in [0.15, 0.2) is 30.3 Å². The van der Waals surface area contributed by atoms with Gasteiger partial charge in [0.05, 0.1) is 6.10 Å². The minimum absolute atomic E-state index is 0.0395. The molecule has 1 saturated heterocycles. The van der Waals surface area contributed by atoms with Gasteiger partial charge in [-0.15, -0.1) is 10.2 Å². The maximum absolute atomic E-state index is 12.8. The number of carbonyl (C=O) groups is 1. The van der Waals surface area contributed by atoms with Crippen LogP contribution < -0.4 is 0 Å². The first-order chi connectivity index (χ1) is 13.5. The van der Waals surface area contributed by atoms with Gasteiger partial charge >= 0.3 is 0 Å². The second kappa shape index (κ2) is 7.85. The third-order valence-corrected chi connectivity index (χ3v) is 5.34. The number of ketones is 1. The molecule has 0 radical (unpaired) electrons. The molecule has 146 valence electrons. The van der Waals surface area contributed by atoms with E-state index in [1.54, 1.807) is 12.1 Å². The van der Waals surface area contributed by atoms with Gasteiger partial charge in [0.2, 0.25) is 5.82 Å². The van der Waals surface area contributed by atoms with Crippen LogP contribution in [0, 0.1) is 13.8 Å². The number of rotatable bonds is 6. The fraction of sp³-hybridized carbons (Fsp3) is 0.400. The zero-order valence-electron chi connectivity index (χ0n) is 15.9. The van der Waals surface area contributed by atoms with Crippen molar-refractivity contribution in [2.24, 2.45) is 0 Å².